The number of halogens is 1. The van der Waals surface area contributed by atoms with Crippen molar-refractivity contribution in [2.45, 2.75) is 58.8 Å². The van der Waals surface area contributed by atoms with Crippen LogP contribution < -0.4 is 5.32 Å². The van der Waals surface area contributed by atoms with Gasteiger partial charge in [-0.2, -0.15) is 5.10 Å². The van der Waals surface area contributed by atoms with E-state index in [4.69, 9.17) is 0 Å². The number of likely N-dealkylation sites (tertiary alicyclic amines) is 1. The van der Waals surface area contributed by atoms with Crippen LogP contribution in [0.3, 0.4) is 0 Å². The summed E-state index contributed by atoms with van der Waals surface area (Å²) in [6, 6.07) is 3.07. The van der Waals surface area contributed by atoms with E-state index in [1.165, 1.54) is 19.3 Å². The lowest BCUT2D eigenvalue weighted by molar-refractivity contribution is -0.138. The van der Waals surface area contributed by atoms with E-state index < -0.39 is 6.04 Å². The fraction of sp³-hybridized carbons (Fsp3) is 0.357. The number of aromatic nitrogens is 6. The molecular weight excluding hydrogens is 592 g/mol. The second-order valence-electron chi connectivity index (χ2n) is 10.9. The number of nitrogens with zero attached hydrogens (tertiary/aromatic N) is 7. The van der Waals surface area contributed by atoms with Crippen molar-refractivity contribution < 1.29 is 19.5 Å². The lowest BCUT2D eigenvalue weighted by Crippen LogP contribution is -2.46. The molecule has 12 nitrogen and oxygen atoms in total. The SMILES string of the molecule is CC(=O)c1nn(CC(=O)N2[C@H](C(=O)Nc3cncc(Br)n3)C[C@@]3(C)C[C@@H]23)c2c(C)cc(-c3cnc(CO)nc3)cc12. The van der Waals surface area contributed by atoms with E-state index in [0.29, 0.717) is 33.6 Å². The smallest absolute Gasteiger partial charge is 0.248 e. The van der Waals surface area contributed by atoms with Crippen LogP contribution in [0.2, 0.25) is 0 Å². The number of aryl methyl sites for hydroxylation is 1. The standard InChI is InChI=1S/C28H27BrN8O4/c1-14-4-16(17-8-31-23(13-38)32-9-17)5-18-25(15(2)39)35-36(26(14)18)12-24(40)37-19(6-28(3)7-20(28)37)27(41)34-22-11-30-10-21(29)33-22/h4-5,8-11,19-20,38H,6-7,12-13H2,1-3H3,(H,33,34,41)/t19-,20+,28-/m0/s1. The first-order chi connectivity index (χ1) is 19.6. The Morgan fingerprint density at radius 3 is 2.56 bits per heavy atom. The van der Waals surface area contributed by atoms with Crippen LogP contribution in [-0.2, 0) is 22.7 Å². The molecule has 3 atom stereocenters. The van der Waals surface area contributed by atoms with E-state index in [0.717, 1.165) is 23.1 Å². The highest BCUT2D eigenvalue weighted by molar-refractivity contribution is 9.10. The van der Waals surface area contributed by atoms with Crippen LogP contribution in [0, 0.1) is 12.3 Å². The maximum atomic E-state index is 13.8. The van der Waals surface area contributed by atoms with E-state index in [9.17, 15) is 19.5 Å². The molecule has 0 bridgehead atoms. The van der Waals surface area contributed by atoms with Gasteiger partial charge in [-0.25, -0.2) is 15.0 Å². The molecule has 2 aliphatic rings. The van der Waals surface area contributed by atoms with E-state index >= 15 is 0 Å². The number of ketones is 1. The lowest BCUT2D eigenvalue weighted by Gasteiger charge is -2.27. The Morgan fingerprint density at radius 1 is 1.12 bits per heavy atom. The van der Waals surface area contributed by atoms with Crippen LogP contribution >= 0.6 is 15.9 Å². The van der Waals surface area contributed by atoms with Crippen molar-refractivity contribution >= 4 is 50.2 Å². The first kappa shape index (κ1) is 27.1. The number of amides is 2. The zero-order chi connectivity index (χ0) is 29.1. The van der Waals surface area contributed by atoms with Gasteiger partial charge in [0.05, 0.1) is 17.9 Å². The van der Waals surface area contributed by atoms with Gasteiger partial charge >= 0.3 is 0 Å². The van der Waals surface area contributed by atoms with Crippen LogP contribution in [-0.4, -0.2) is 69.4 Å². The second-order valence-corrected chi connectivity index (χ2v) is 11.7. The van der Waals surface area contributed by atoms with Gasteiger partial charge in [0.25, 0.3) is 0 Å². The maximum Gasteiger partial charge on any atom is 0.248 e. The largest absolute Gasteiger partial charge is 0.388 e. The molecule has 6 rings (SSSR count). The molecule has 1 aliphatic heterocycles. The molecule has 2 N–H and O–H groups in total. The molecule has 41 heavy (non-hydrogen) atoms. The minimum absolute atomic E-state index is 0.0389. The number of piperidine rings is 1. The average molecular weight is 619 g/mol. The molecule has 1 saturated carbocycles. The highest BCUT2D eigenvalue weighted by Gasteiger charge is 2.64. The van der Waals surface area contributed by atoms with E-state index in [-0.39, 0.29) is 47.9 Å². The molecular formula is C28H27BrN8O4. The maximum absolute atomic E-state index is 13.8. The first-order valence-corrected chi connectivity index (χ1v) is 13.9. The van der Waals surface area contributed by atoms with Crippen molar-refractivity contribution in [3.05, 3.63) is 58.6 Å². The molecule has 2 fully saturated rings. The van der Waals surface area contributed by atoms with Crippen LogP contribution in [0.4, 0.5) is 5.82 Å². The zero-order valence-electron chi connectivity index (χ0n) is 22.6. The number of hydrogen-bond donors (Lipinski definition) is 2. The van der Waals surface area contributed by atoms with Crippen molar-refractivity contribution in [2.75, 3.05) is 5.32 Å². The van der Waals surface area contributed by atoms with Gasteiger partial charge in [-0.05, 0) is 64.4 Å². The third-order valence-electron chi connectivity index (χ3n) is 7.92. The Kier molecular flexibility index (Phi) is 6.65. The number of rotatable bonds is 7. The predicted octanol–water partition coefficient (Wildman–Crippen LogP) is 3.07. The summed E-state index contributed by atoms with van der Waals surface area (Å²) in [5.41, 5.74) is 3.13. The molecule has 0 unspecified atom stereocenters. The molecule has 1 aromatic carbocycles. The van der Waals surface area contributed by atoms with Crippen LogP contribution in [0.5, 0.6) is 0 Å². The number of anilines is 1. The monoisotopic (exact) mass is 618 g/mol. The Balaban J connectivity index is 1.31. The third kappa shape index (κ3) is 4.88. The highest BCUT2D eigenvalue weighted by atomic mass is 79.9. The van der Waals surface area contributed by atoms with Gasteiger partial charge in [0, 0.05) is 36.3 Å². The number of hydrogen-bond acceptors (Lipinski definition) is 9. The molecule has 4 heterocycles. The number of carbonyl (C=O) groups is 3. The summed E-state index contributed by atoms with van der Waals surface area (Å²) < 4.78 is 2.05. The fourth-order valence-corrected chi connectivity index (χ4v) is 6.15. The quantitative estimate of drug-likeness (QED) is 0.297. The lowest BCUT2D eigenvalue weighted by atomic mass is 10.0. The summed E-state index contributed by atoms with van der Waals surface area (Å²) in [5, 5.41) is 17.2. The number of nitrogens with one attached hydrogen (secondary N) is 1. The van der Waals surface area contributed by atoms with Gasteiger partial charge in [0.1, 0.15) is 29.5 Å². The van der Waals surface area contributed by atoms with Crippen LogP contribution in [0.15, 0.2) is 41.5 Å². The molecule has 0 spiro atoms. The Labute approximate surface area is 243 Å². The number of Topliss-reactive ketones (excluding diaryl/α,β-unsaturated/α-hetero) is 1. The molecule has 3 aromatic heterocycles. The molecule has 13 heteroatoms. The van der Waals surface area contributed by atoms with Gasteiger partial charge in [-0.3, -0.25) is 24.0 Å². The summed E-state index contributed by atoms with van der Waals surface area (Å²) in [6.07, 6.45) is 7.59. The summed E-state index contributed by atoms with van der Waals surface area (Å²) in [5.74, 6) is -0.174. The number of benzene rings is 1. The molecule has 0 radical (unpaired) electrons. The normalized spacial score (nSPS) is 21.1. The summed E-state index contributed by atoms with van der Waals surface area (Å²) >= 11 is 3.26. The summed E-state index contributed by atoms with van der Waals surface area (Å²) in [6.45, 7) is 5.04. The number of aliphatic hydroxyl groups excluding tert-OH is 1. The van der Waals surface area contributed by atoms with Crippen LogP contribution in [0.1, 0.15) is 48.6 Å². The predicted molar refractivity (Wildman–Crippen MR) is 152 cm³/mol. The number of fused-ring (bicyclic) bond motifs is 2. The Hall–Kier alpha value is -4.10. The first-order valence-electron chi connectivity index (χ1n) is 13.1. The number of aliphatic hydroxyl groups is 1. The average Bonchev–Trinajstić information content (AvgIpc) is 3.29. The minimum Gasteiger partial charge on any atom is -0.388 e. The minimum atomic E-state index is -0.657. The van der Waals surface area contributed by atoms with Gasteiger partial charge in [0.15, 0.2) is 17.4 Å². The van der Waals surface area contributed by atoms with Crippen molar-refractivity contribution in [1.29, 1.82) is 0 Å². The van der Waals surface area contributed by atoms with Crippen molar-refractivity contribution in [3.8, 4) is 11.1 Å². The molecule has 2 amide bonds. The van der Waals surface area contributed by atoms with E-state index in [1.54, 1.807) is 22.0 Å². The number of carbonyl (C=O) groups excluding carboxylic acids is 3. The molecule has 1 aliphatic carbocycles. The van der Waals surface area contributed by atoms with Gasteiger partial charge < -0.3 is 15.3 Å². The summed E-state index contributed by atoms with van der Waals surface area (Å²) in [4.78, 5) is 58.0. The summed E-state index contributed by atoms with van der Waals surface area (Å²) in [7, 11) is 0. The van der Waals surface area contributed by atoms with E-state index in [1.807, 2.05) is 19.1 Å². The zero-order valence-corrected chi connectivity index (χ0v) is 24.2. The highest BCUT2D eigenvalue weighted by Crippen LogP contribution is 2.59. The topological polar surface area (TPSA) is 156 Å². The Morgan fingerprint density at radius 2 is 1.88 bits per heavy atom. The van der Waals surface area contributed by atoms with Crippen molar-refractivity contribution in [3.63, 3.8) is 0 Å². The second kappa shape index (κ2) is 10.1. The van der Waals surface area contributed by atoms with Crippen molar-refractivity contribution in [2.24, 2.45) is 5.41 Å². The van der Waals surface area contributed by atoms with Crippen LogP contribution in [0.25, 0.3) is 22.0 Å². The molecule has 1 saturated heterocycles. The Bertz CT molecular complexity index is 1720. The van der Waals surface area contributed by atoms with Crippen molar-refractivity contribution in [1.82, 2.24) is 34.6 Å². The van der Waals surface area contributed by atoms with Gasteiger partial charge in [-0.1, -0.05) is 6.92 Å². The van der Waals surface area contributed by atoms with Gasteiger partial charge in [-0.15, -0.1) is 0 Å². The third-order valence-corrected chi connectivity index (χ3v) is 8.30. The molecule has 4 aromatic rings. The molecule has 210 valence electrons. The fourth-order valence-electron chi connectivity index (χ4n) is 5.84. The van der Waals surface area contributed by atoms with E-state index in [2.05, 4.69) is 53.2 Å². The van der Waals surface area contributed by atoms with Gasteiger partial charge in [0.2, 0.25) is 11.8 Å².